The van der Waals surface area contributed by atoms with Gasteiger partial charge in [-0.1, -0.05) is 12.1 Å². The van der Waals surface area contributed by atoms with Gasteiger partial charge in [0.2, 0.25) is 0 Å². The SMILES string of the molecule is c1ccc2oc(NCC3CN(c4ccc(C5CC5)nn4)C3)nc2c1. The summed E-state index contributed by atoms with van der Waals surface area (Å²) in [6, 6.07) is 12.6. The molecule has 6 nitrogen and oxygen atoms in total. The number of nitrogens with zero attached hydrogens (tertiary/aromatic N) is 4. The first-order valence-corrected chi connectivity index (χ1v) is 8.53. The van der Waals surface area contributed by atoms with Crippen molar-refractivity contribution in [3.05, 3.63) is 42.1 Å². The molecule has 1 saturated carbocycles. The van der Waals surface area contributed by atoms with Gasteiger partial charge in [0, 0.05) is 31.5 Å². The van der Waals surface area contributed by atoms with Crippen LogP contribution in [-0.2, 0) is 0 Å². The summed E-state index contributed by atoms with van der Waals surface area (Å²) >= 11 is 0. The van der Waals surface area contributed by atoms with Crippen LogP contribution in [-0.4, -0.2) is 34.8 Å². The van der Waals surface area contributed by atoms with Crippen LogP contribution in [0.3, 0.4) is 0 Å². The van der Waals surface area contributed by atoms with Crippen molar-refractivity contribution in [2.75, 3.05) is 29.9 Å². The van der Waals surface area contributed by atoms with Gasteiger partial charge in [-0.15, -0.1) is 5.10 Å². The fraction of sp³-hybridized carbons (Fsp3) is 0.389. The van der Waals surface area contributed by atoms with E-state index in [-0.39, 0.29) is 0 Å². The number of rotatable bonds is 5. The Balaban J connectivity index is 1.15. The van der Waals surface area contributed by atoms with Crippen LogP contribution in [0.25, 0.3) is 11.1 Å². The Hall–Kier alpha value is -2.63. The molecule has 2 fully saturated rings. The summed E-state index contributed by atoms with van der Waals surface area (Å²) in [6.45, 7) is 2.84. The molecule has 24 heavy (non-hydrogen) atoms. The van der Waals surface area contributed by atoms with E-state index in [1.54, 1.807) is 0 Å². The summed E-state index contributed by atoms with van der Waals surface area (Å²) in [5.41, 5.74) is 2.86. The number of hydrogen-bond donors (Lipinski definition) is 1. The molecule has 0 radical (unpaired) electrons. The lowest BCUT2D eigenvalue weighted by molar-refractivity contribution is 0.421. The zero-order valence-electron chi connectivity index (χ0n) is 13.4. The molecule has 2 aliphatic rings. The van der Waals surface area contributed by atoms with Gasteiger partial charge in [-0.25, -0.2) is 0 Å². The first kappa shape index (κ1) is 13.8. The molecule has 0 spiro atoms. The van der Waals surface area contributed by atoms with Crippen molar-refractivity contribution >= 4 is 22.9 Å². The van der Waals surface area contributed by atoms with Crippen molar-refractivity contribution in [3.63, 3.8) is 0 Å². The third kappa shape index (κ3) is 2.58. The summed E-state index contributed by atoms with van der Waals surface area (Å²) in [7, 11) is 0. The van der Waals surface area contributed by atoms with E-state index in [2.05, 4.69) is 37.5 Å². The summed E-state index contributed by atoms with van der Waals surface area (Å²) < 4.78 is 5.68. The van der Waals surface area contributed by atoms with Gasteiger partial charge in [-0.3, -0.25) is 0 Å². The van der Waals surface area contributed by atoms with Crippen LogP contribution in [0.1, 0.15) is 24.5 Å². The maximum atomic E-state index is 5.68. The van der Waals surface area contributed by atoms with Crippen LogP contribution in [0.4, 0.5) is 11.8 Å². The van der Waals surface area contributed by atoms with Crippen molar-refractivity contribution < 1.29 is 4.42 Å². The van der Waals surface area contributed by atoms with Crippen molar-refractivity contribution in [3.8, 4) is 0 Å². The molecule has 3 aromatic rings. The van der Waals surface area contributed by atoms with E-state index in [4.69, 9.17) is 4.42 Å². The van der Waals surface area contributed by atoms with Crippen molar-refractivity contribution in [1.29, 1.82) is 0 Å². The number of anilines is 2. The molecular formula is C18H19N5O. The monoisotopic (exact) mass is 321 g/mol. The molecular weight excluding hydrogens is 302 g/mol. The van der Waals surface area contributed by atoms with E-state index in [1.807, 2.05) is 24.3 Å². The van der Waals surface area contributed by atoms with E-state index < -0.39 is 0 Å². The van der Waals surface area contributed by atoms with Gasteiger partial charge in [-0.2, -0.15) is 10.1 Å². The maximum absolute atomic E-state index is 5.68. The van der Waals surface area contributed by atoms with Crippen molar-refractivity contribution in [2.45, 2.75) is 18.8 Å². The quantitative estimate of drug-likeness (QED) is 0.779. The first-order valence-electron chi connectivity index (χ1n) is 8.53. The lowest BCUT2D eigenvalue weighted by Gasteiger charge is -2.39. The highest BCUT2D eigenvalue weighted by molar-refractivity contribution is 5.74. The average molecular weight is 321 g/mol. The molecule has 1 aliphatic carbocycles. The minimum absolute atomic E-state index is 0.574. The zero-order valence-corrected chi connectivity index (χ0v) is 13.4. The smallest absolute Gasteiger partial charge is 0.295 e. The maximum Gasteiger partial charge on any atom is 0.295 e. The predicted octanol–water partition coefficient (Wildman–Crippen LogP) is 3.04. The third-order valence-electron chi connectivity index (χ3n) is 4.78. The van der Waals surface area contributed by atoms with Crippen LogP contribution in [0.5, 0.6) is 0 Å². The molecule has 0 bridgehead atoms. The van der Waals surface area contributed by atoms with E-state index in [0.29, 0.717) is 17.9 Å². The van der Waals surface area contributed by atoms with E-state index in [0.717, 1.165) is 42.2 Å². The van der Waals surface area contributed by atoms with Gasteiger partial charge < -0.3 is 14.6 Å². The topological polar surface area (TPSA) is 67.1 Å². The largest absolute Gasteiger partial charge is 0.424 e. The third-order valence-corrected chi connectivity index (χ3v) is 4.78. The second kappa shape index (κ2) is 5.47. The second-order valence-electron chi connectivity index (χ2n) is 6.73. The number of oxazole rings is 1. The second-order valence-corrected chi connectivity index (χ2v) is 6.73. The number of fused-ring (bicyclic) bond motifs is 1. The molecule has 122 valence electrons. The van der Waals surface area contributed by atoms with Gasteiger partial charge in [0.05, 0.1) is 5.69 Å². The Bertz CT molecular complexity index is 816. The Kier molecular flexibility index (Phi) is 3.14. The molecule has 2 aromatic heterocycles. The highest BCUT2D eigenvalue weighted by Gasteiger charge is 2.29. The molecule has 1 aromatic carbocycles. The molecule has 5 rings (SSSR count). The summed E-state index contributed by atoms with van der Waals surface area (Å²) in [5.74, 6) is 2.22. The van der Waals surface area contributed by atoms with Crippen molar-refractivity contribution in [1.82, 2.24) is 15.2 Å². The van der Waals surface area contributed by atoms with Crippen LogP contribution >= 0.6 is 0 Å². The van der Waals surface area contributed by atoms with Gasteiger partial charge in [-0.05, 0) is 37.1 Å². The van der Waals surface area contributed by atoms with Crippen LogP contribution in [0.2, 0.25) is 0 Å². The Morgan fingerprint density at radius 3 is 2.71 bits per heavy atom. The average Bonchev–Trinajstić information content (AvgIpc) is 3.33. The fourth-order valence-electron chi connectivity index (χ4n) is 3.17. The number of para-hydroxylation sites is 2. The van der Waals surface area contributed by atoms with Gasteiger partial charge in [0.15, 0.2) is 11.4 Å². The molecule has 1 aliphatic heterocycles. The molecule has 0 atom stereocenters. The predicted molar refractivity (Wildman–Crippen MR) is 92.2 cm³/mol. The van der Waals surface area contributed by atoms with Crippen molar-refractivity contribution in [2.24, 2.45) is 5.92 Å². The summed E-state index contributed by atoms with van der Waals surface area (Å²) in [6.07, 6.45) is 2.53. The Labute approximate surface area is 139 Å². The number of aromatic nitrogens is 3. The van der Waals surface area contributed by atoms with Crippen LogP contribution < -0.4 is 10.2 Å². The molecule has 0 amide bonds. The number of benzene rings is 1. The normalized spacial score (nSPS) is 17.9. The highest BCUT2D eigenvalue weighted by Crippen LogP contribution is 2.39. The fourth-order valence-corrected chi connectivity index (χ4v) is 3.17. The zero-order chi connectivity index (χ0) is 15.9. The van der Waals surface area contributed by atoms with E-state index >= 15 is 0 Å². The lowest BCUT2D eigenvalue weighted by Crippen LogP contribution is -2.50. The summed E-state index contributed by atoms with van der Waals surface area (Å²) in [4.78, 5) is 6.70. The molecule has 0 unspecified atom stereocenters. The number of nitrogens with one attached hydrogen (secondary N) is 1. The molecule has 6 heteroatoms. The highest BCUT2D eigenvalue weighted by atomic mass is 16.4. The molecule has 3 heterocycles. The summed E-state index contributed by atoms with van der Waals surface area (Å²) in [5, 5.41) is 12.0. The Morgan fingerprint density at radius 2 is 1.96 bits per heavy atom. The standard InChI is InChI=1S/C18H19N5O/c1-2-4-16-15(3-1)20-18(24-16)19-9-12-10-23(11-12)17-8-7-14(21-22-17)13-5-6-13/h1-4,7-8,12-13H,5-6,9-11H2,(H,19,20). The van der Waals surface area contributed by atoms with Crippen LogP contribution in [0, 0.1) is 5.92 Å². The number of hydrogen-bond acceptors (Lipinski definition) is 6. The molecule has 1 N–H and O–H groups in total. The van der Waals surface area contributed by atoms with Gasteiger partial charge >= 0.3 is 0 Å². The molecule has 1 saturated heterocycles. The van der Waals surface area contributed by atoms with Gasteiger partial charge in [0.1, 0.15) is 5.52 Å². The van der Waals surface area contributed by atoms with Crippen LogP contribution in [0.15, 0.2) is 40.8 Å². The lowest BCUT2D eigenvalue weighted by atomic mass is 10.0. The van der Waals surface area contributed by atoms with Gasteiger partial charge in [0.25, 0.3) is 6.01 Å². The van der Waals surface area contributed by atoms with E-state index in [9.17, 15) is 0 Å². The van der Waals surface area contributed by atoms with E-state index in [1.165, 1.54) is 12.8 Å². The minimum Gasteiger partial charge on any atom is -0.424 e. The first-order chi connectivity index (χ1) is 11.8. The minimum atomic E-state index is 0.574. The Morgan fingerprint density at radius 1 is 1.08 bits per heavy atom.